The molecule has 138 valence electrons. The fourth-order valence-corrected chi connectivity index (χ4v) is 2.77. The summed E-state index contributed by atoms with van der Waals surface area (Å²) < 4.78 is 5.38. The smallest absolute Gasteiger partial charge is 0.251 e. The molecule has 0 atom stereocenters. The van der Waals surface area contributed by atoms with Crippen molar-refractivity contribution in [2.24, 2.45) is 0 Å². The van der Waals surface area contributed by atoms with E-state index in [4.69, 9.17) is 16.3 Å². The number of nitrogens with one attached hydrogen (secondary N) is 2. The molecule has 8 heteroatoms. The molecule has 0 spiro atoms. The van der Waals surface area contributed by atoms with Gasteiger partial charge in [0.15, 0.2) is 0 Å². The number of nitrogens with zero attached hydrogens (tertiary/aromatic N) is 3. The lowest BCUT2D eigenvalue weighted by atomic mass is 10.2. The van der Waals surface area contributed by atoms with Gasteiger partial charge in [-0.2, -0.15) is 4.98 Å². The molecule has 3 rings (SSSR count). The van der Waals surface area contributed by atoms with Gasteiger partial charge < -0.3 is 20.3 Å². The van der Waals surface area contributed by atoms with E-state index in [2.05, 4.69) is 25.5 Å². The van der Waals surface area contributed by atoms with Gasteiger partial charge in [-0.25, -0.2) is 4.98 Å². The fraction of sp³-hybridized carbons (Fsp3) is 0.389. The number of aryl methyl sites for hydroxylation is 1. The van der Waals surface area contributed by atoms with Crippen molar-refractivity contribution in [3.63, 3.8) is 0 Å². The Morgan fingerprint density at radius 3 is 2.65 bits per heavy atom. The van der Waals surface area contributed by atoms with Crippen molar-refractivity contribution in [1.29, 1.82) is 0 Å². The van der Waals surface area contributed by atoms with Crippen LogP contribution in [-0.4, -0.2) is 55.3 Å². The first-order valence-corrected chi connectivity index (χ1v) is 8.95. The van der Waals surface area contributed by atoms with E-state index in [1.165, 1.54) is 0 Å². The monoisotopic (exact) mass is 375 g/mol. The van der Waals surface area contributed by atoms with Crippen molar-refractivity contribution in [1.82, 2.24) is 15.3 Å². The third kappa shape index (κ3) is 5.06. The minimum atomic E-state index is -0.136. The zero-order valence-corrected chi connectivity index (χ0v) is 15.4. The van der Waals surface area contributed by atoms with Crippen molar-refractivity contribution in [2.45, 2.75) is 6.92 Å². The molecule has 1 aliphatic heterocycles. The van der Waals surface area contributed by atoms with Gasteiger partial charge >= 0.3 is 0 Å². The second-order valence-electron chi connectivity index (χ2n) is 5.98. The van der Waals surface area contributed by atoms with Gasteiger partial charge in [0.05, 0.1) is 13.2 Å². The maximum atomic E-state index is 12.1. The zero-order valence-electron chi connectivity index (χ0n) is 14.7. The highest BCUT2D eigenvalue weighted by molar-refractivity contribution is 6.30. The lowest BCUT2D eigenvalue weighted by molar-refractivity contribution is 0.0955. The van der Waals surface area contributed by atoms with E-state index in [-0.39, 0.29) is 5.91 Å². The van der Waals surface area contributed by atoms with Crippen LogP contribution < -0.4 is 15.5 Å². The molecule has 1 amide bonds. The molecule has 2 N–H and O–H groups in total. The second kappa shape index (κ2) is 8.82. The molecule has 2 aromatic rings. The normalized spacial score (nSPS) is 14.2. The summed E-state index contributed by atoms with van der Waals surface area (Å²) in [5.41, 5.74) is 1.48. The fourth-order valence-electron chi connectivity index (χ4n) is 2.64. The molecule has 1 saturated heterocycles. The number of hydrogen-bond donors (Lipinski definition) is 2. The molecule has 0 aliphatic carbocycles. The maximum absolute atomic E-state index is 12.1. The number of morpholine rings is 1. The SMILES string of the molecule is Cc1cc(N2CCOCC2)nc(NCCNC(=O)c2ccc(Cl)cc2)n1. The van der Waals surface area contributed by atoms with E-state index in [9.17, 15) is 4.79 Å². The van der Waals surface area contributed by atoms with Crippen LogP contribution in [0.5, 0.6) is 0 Å². The van der Waals surface area contributed by atoms with Gasteiger partial charge in [0, 0.05) is 48.5 Å². The summed E-state index contributed by atoms with van der Waals surface area (Å²) >= 11 is 5.83. The largest absolute Gasteiger partial charge is 0.378 e. The van der Waals surface area contributed by atoms with Crippen molar-refractivity contribution in [3.8, 4) is 0 Å². The number of hydrogen-bond acceptors (Lipinski definition) is 6. The van der Waals surface area contributed by atoms with Crippen molar-refractivity contribution < 1.29 is 9.53 Å². The summed E-state index contributed by atoms with van der Waals surface area (Å²) in [4.78, 5) is 23.2. The van der Waals surface area contributed by atoms with Gasteiger partial charge in [-0.3, -0.25) is 4.79 Å². The van der Waals surface area contributed by atoms with Crippen LogP contribution in [0.4, 0.5) is 11.8 Å². The Balaban J connectivity index is 1.50. The van der Waals surface area contributed by atoms with Crippen LogP contribution in [0.15, 0.2) is 30.3 Å². The third-order valence-electron chi connectivity index (χ3n) is 3.98. The zero-order chi connectivity index (χ0) is 18.4. The molecule has 0 bridgehead atoms. The number of benzene rings is 1. The van der Waals surface area contributed by atoms with Gasteiger partial charge in [-0.05, 0) is 31.2 Å². The van der Waals surface area contributed by atoms with Gasteiger partial charge in [0.1, 0.15) is 5.82 Å². The lowest BCUT2D eigenvalue weighted by Gasteiger charge is -2.28. The first-order chi connectivity index (χ1) is 12.6. The molecule has 26 heavy (non-hydrogen) atoms. The van der Waals surface area contributed by atoms with E-state index in [1.54, 1.807) is 24.3 Å². The molecule has 0 unspecified atom stereocenters. The van der Waals surface area contributed by atoms with Crippen LogP contribution in [0.1, 0.15) is 16.1 Å². The summed E-state index contributed by atoms with van der Waals surface area (Å²) in [6.45, 7) is 6.02. The van der Waals surface area contributed by atoms with Gasteiger partial charge in [-0.1, -0.05) is 11.6 Å². The van der Waals surface area contributed by atoms with Crippen LogP contribution in [0.3, 0.4) is 0 Å². The van der Waals surface area contributed by atoms with Crippen molar-refractivity contribution in [3.05, 3.63) is 46.6 Å². The number of ether oxygens (including phenoxy) is 1. The molecule has 2 heterocycles. The molecule has 1 fully saturated rings. The van der Waals surface area contributed by atoms with Crippen LogP contribution in [-0.2, 0) is 4.74 Å². The van der Waals surface area contributed by atoms with Crippen LogP contribution >= 0.6 is 11.6 Å². The summed E-state index contributed by atoms with van der Waals surface area (Å²) in [7, 11) is 0. The first kappa shape index (κ1) is 18.4. The first-order valence-electron chi connectivity index (χ1n) is 8.58. The Kier molecular flexibility index (Phi) is 6.25. The molecule has 0 radical (unpaired) electrons. The average Bonchev–Trinajstić information content (AvgIpc) is 2.66. The van der Waals surface area contributed by atoms with E-state index in [0.29, 0.717) is 42.8 Å². The molecule has 7 nitrogen and oxygen atoms in total. The average molecular weight is 376 g/mol. The molecular weight excluding hydrogens is 354 g/mol. The maximum Gasteiger partial charge on any atom is 0.251 e. The predicted molar refractivity (Wildman–Crippen MR) is 102 cm³/mol. The number of rotatable bonds is 6. The molecule has 1 aromatic carbocycles. The number of aromatic nitrogens is 2. The van der Waals surface area contributed by atoms with E-state index in [1.807, 2.05) is 13.0 Å². The van der Waals surface area contributed by atoms with Crippen LogP contribution in [0.25, 0.3) is 0 Å². The van der Waals surface area contributed by atoms with Crippen molar-refractivity contribution >= 4 is 29.3 Å². The number of anilines is 2. The van der Waals surface area contributed by atoms with E-state index >= 15 is 0 Å². The summed E-state index contributed by atoms with van der Waals surface area (Å²) in [5.74, 6) is 1.32. The Bertz CT molecular complexity index is 748. The van der Waals surface area contributed by atoms with Crippen LogP contribution in [0, 0.1) is 6.92 Å². The summed E-state index contributed by atoms with van der Waals surface area (Å²) in [6, 6.07) is 8.76. The van der Waals surface area contributed by atoms with Gasteiger partial charge in [-0.15, -0.1) is 0 Å². The highest BCUT2D eigenvalue weighted by atomic mass is 35.5. The molecule has 0 saturated carbocycles. The molecule has 1 aromatic heterocycles. The minimum Gasteiger partial charge on any atom is -0.378 e. The Hall–Kier alpha value is -2.38. The molecular formula is C18H22ClN5O2. The number of carbonyl (C=O) groups excluding carboxylic acids is 1. The summed E-state index contributed by atoms with van der Waals surface area (Å²) in [5, 5.41) is 6.63. The second-order valence-corrected chi connectivity index (χ2v) is 6.42. The summed E-state index contributed by atoms with van der Waals surface area (Å²) in [6.07, 6.45) is 0. The van der Waals surface area contributed by atoms with E-state index < -0.39 is 0 Å². The van der Waals surface area contributed by atoms with Crippen LogP contribution in [0.2, 0.25) is 5.02 Å². The number of amides is 1. The minimum absolute atomic E-state index is 0.136. The standard InChI is InChI=1S/C18H22ClN5O2/c1-13-12-16(24-8-10-26-11-9-24)23-18(22-13)21-7-6-20-17(25)14-2-4-15(19)5-3-14/h2-5,12H,6-11H2,1H3,(H,20,25)(H,21,22,23). The third-order valence-corrected chi connectivity index (χ3v) is 4.23. The topological polar surface area (TPSA) is 79.4 Å². The number of halogens is 1. The van der Waals surface area contributed by atoms with Gasteiger partial charge in [0.2, 0.25) is 5.95 Å². The predicted octanol–water partition coefficient (Wildman–Crippen LogP) is 2.12. The number of carbonyl (C=O) groups is 1. The van der Waals surface area contributed by atoms with Crippen molar-refractivity contribution in [2.75, 3.05) is 49.6 Å². The van der Waals surface area contributed by atoms with E-state index in [0.717, 1.165) is 24.6 Å². The highest BCUT2D eigenvalue weighted by Gasteiger charge is 2.14. The van der Waals surface area contributed by atoms with Gasteiger partial charge in [0.25, 0.3) is 5.91 Å². The molecule has 1 aliphatic rings. The Morgan fingerprint density at radius 2 is 1.92 bits per heavy atom. The Morgan fingerprint density at radius 1 is 1.19 bits per heavy atom. The highest BCUT2D eigenvalue weighted by Crippen LogP contribution is 2.16. The quantitative estimate of drug-likeness (QED) is 0.753. The lowest BCUT2D eigenvalue weighted by Crippen LogP contribution is -2.37. The Labute approximate surface area is 157 Å².